The van der Waals surface area contributed by atoms with E-state index in [-0.39, 0.29) is 16.0 Å². The van der Waals surface area contributed by atoms with Gasteiger partial charge in [0.15, 0.2) is 0 Å². The molecule has 1 aliphatic heterocycles. The summed E-state index contributed by atoms with van der Waals surface area (Å²) in [6.07, 6.45) is 3.22. The Balaban J connectivity index is 2.40. The molecular formula is C15H19N3O2. The van der Waals surface area contributed by atoms with Crippen molar-refractivity contribution in [2.24, 2.45) is 5.41 Å². The Bertz CT molecular complexity index is 565. The SMILES string of the molecule is CCC1(C)CCCN(c2cc(C#N)ccc2[N+](=O)[O-])C1. The van der Waals surface area contributed by atoms with Gasteiger partial charge >= 0.3 is 0 Å². The van der Waals surface area contributed by atoms with Gasteiger partial charge in [0, 0.05) is 19.2 Å². The van der Waals surface area contributed by atoms with Crippen LogP contribution in [-0.2, 0) is 0 Å². The normalized spacial score (nSPS) is 22.4. The lowest BCUT2D eigenvalue weighted by Crippen LogP contribution is -2.41. The maximum absolute atomic E-state index is 11.2. The predicted molar refractivity (Wildman–Crippen MR) is 77.7 cm³/mol. The van der Waals surface area contributed by atoms with Crippen LogP contribution in [0.15, 0.2) is 18.2 Å². The van der Waals surface area contributed by atoms with Crippen LogP contribution in [0.5, 0.6) is 0 Å². The number of piperidine rings is 1. The van der Waals surface area contributed by atoms with Crippen LogP contribution in [0.4, 0.5) is 11.4 Å². The van der Waals surface area contributed by atoms with Crippen LogP contribution in [0.25, 0.3) is 0 Å². The van der Waals surface area contributed by atoms with Crippen LogP contribution in [0.1, 0.15) is 38.7 Å². The van der Waals surface area contributed by atoms with E-state index < -0.39 is 0 Å². The van der Waals surface area contributed by atoms with Gasteiger partial charge in [0.1, 0.15) is 5.69 Å². The van der Waals surface area contributed by atoms with Crippen LogP contribution in [0, 0.1) is 26.9 Å². The lowest BCUT2D eigenvalue weighted by molar-refractivity contribution is -0.384. The van der Waals surface area contributed by atoms with Crippen molar-refractivity contribution in [2.75, 3.05) is 18.0 Å². The molecule has 1 heterocycles. The molecule has 0 saturated carbocycles. The van der Waals surface area contributed by atoms with Crippen LogP contribution in [-0.4, -0.2) is 18.0 Å². The van der Waals surface area contributed by atoms with E-state index in [0.29, 0.717) is 11.3 Å². The highest BCUT2D eigenvalue weighted by Crippen LogP contribution is 2.38. The van der Waals surface area contributed by atoms with Gasteiger partial charge in [-0.15, -0.1) is 0 Å². The lowest BCUT2D eigenvalue weighted by Gasteiger charge is -2.41. The van der Waals surface area contributed by atoms with E-state index in [1.807, 2.05) is 0 Å². The van der Waals surface area contributed by atoms with E-state index in [0.717, 1.165) is 32.4 Å². The van der Waals surface area contributed by atoms with E-state index in [4.69, 9.17) is 5.26 Å². The first-order chi connectivity index (χ1) is 9.49. The molecular weight excluding hydrogens is 254 g/mol. The van der Waals surface area contributed by atoms with Crippen LogP contribution in [0.3, 0.4) is 0 Å². The summed E-state index contributed by atoms with van der Waals surface area (Å²) in [5.41, 5.74) is 1.32. The van der Waals surface area contributed by atoms with Gasteiger partial charge in [-0.1, -0.05) is 13.8 Å². The second-order valence-corrected chi connectivity index (χ2v) is 5.76. The minimum Gasteiger partial charge on any atom is -0.365 e. The number of hydrogen-bond donors (Lipinski definition) is 0. The van der Waals surface area contributed by atoms with Crippen molar-refractivity contribution in [2.45, 2.75) is 33.1 Å². The molecule has 1 fully saturated rings. The zero-order valence-electron chi connectivity index (χ0n) is 11.9. The number of anilines is 1. The first kappa shape index (κ1) is 14.3. The first-order valence-corrected chi connectivity index (χ1v) is 6.92. The zero-order chi connectivity index (χ0) is 14.8. The molecule has 5 nitrogen and oxygen atoms in total. The average molecular weight is 273 g/mol. The van der Waals surface area contributed by atoms with E-state index in [1.165, 1.54) is 12.1 Å². The highest BCUT2D eigenvalue weighted by molar-refractivity contribution is 5.66. The number of benzene rings is 1. The third kappa shape index (κ3) is 2.74. The lowest BCUT2D eigenvalue weighted by atomic mass is 9.79. The molecule has 20 heavy (non-hydrogen) atoms. The van der Waals surface area contributed by atoms with Crippen LogP contribution >= 0.6 is 0 Å². The molecule has 0 amide bonds. The Labute approximate surface area is 119 Å². The van der Waals surface area contributed by atoms with E-state index in [9.17, 15) is 10.1 Å². The number of nitriles is 1. The summed E-state index contributed by atoms with van der Waals surface area (Å²) < 4.78 is 0. The standard InChI is InChI=1S/C15H19N3O2/c1-3-15(2)7-4-8-17(11-15)14-9-12(10-16)5-6-13(14)18(19)20/h5-6,9H,3-4,7-8,11H2,1-2H3. The van der Waals surface area contributed by atoms with Gasteiger partial charge in [-0.2, -0.15) is 5.26 Å². The summed E-state index contributed by atoms with van der Waals surface area (Å²) >= 11 is 0. The molecule has 5 heteroatoms. The molecule has 0 bridgehead atoms. The van der Waals surface area contributed by atoms with E-state index in [2.05, 4.69) is 24.8 Å². The fourth-order valence-corrected chi connectivity index (χ4v) is 2.81. The molecule has 0 radical (unpaired) electrons. The second-order valence-electron chi connectivity index (χ2n) is 5.76. The number of nitrogens with zero attached hydrogens (tertiary/aromatic N) is 3. The van der Waals surface area contributed by atoms with E-state index in [1.54, 1.807) is 6.07 Å². The summed E-state index contributed by atoms with van der Waals surface area (Å²) in [4.78, 5) is 12.9. The first-order valence-electron chi connectivity index (χ1n) is 6.92. The van der Waals surface area contributed by atoms with Gasteiger partial charge in [0.25, 0.3) is 5.69 Å². The monoisotopic (exact) mass is 273 g/mol. The summed E-state index contributed by atoms with van der Waals surface area (Å²) in [5, 5.41) is 20.2. The Morgan fingerprint density at radius 3 is 2.90 bits per heavy atom. The molecule has 1 aliphatic rings. The van der Waals surface area contributed by atoms with Crippen molar-refractivity contribution in [3.05, 3.63) is 33.9 Å². The summed E-state index contributed by atoms with van der Waals surface area (Å²) in [7, 11) is 0. The summed E-state index contributed by atoms with van der Waals surface area (Å²) in [6.45, 7) is 5.99. The number of nitro groups is 1. The largest absolute Gasteiger partial charge is 0.365 e. The molecule has 0 aliphatic carbocycles. The molecule has 1 unspecified atom stereocenters. The zero-order valence-corrected chi connectivity index (χ0v) is 11.9. The fourth-order valence-electron chi connectivity index (χ4n) is 2.81. The summed E-state index contributed by atoms with van der Waals surface area (Å²) in [6, 6.07) is 6.64. The maximum Gasteiger partial charge on any atom is 0.292 e. The topological polar surface area (TPSA) is 70.2 Å². The van der Waals surface area contributed by atoms with Gasteiger partial charge in [0.2, 0.25) is 0 Å². The van der Waals surface area contributed by atoms with Crippen LogP contribution < -0.4 is 4.90 Å². The molecule has 0 spiro atoms. The minimum atomic E-state index is -0.367. The van der Waals surface area contributed by atoms with Crippen molar-refractivity contribution in [3.63, 3.8) is 0 Å². The van der Waals surface area contributed by atoms with Gasteiger partial charge in [0.05, 0.1) is 16.6 Å². The third-order valence-electron chi connectivity index (χ3n) is 4.28. The highest BCUT2D eigenvalue weighted by atomic mass is 16.6. The second kappa shape index (κ2) is 5.49. The minimum absolute atomic E-state index is 0.0874. The van der Waals surface area contributed by atoms with Gasteiger partial charge < -0.3 is 4.90 Å². The van der Waals surface area contributed by atoms with Crippen molar-refractivity contribution in [1.82, 2.24) is 0 Å². The molecule has 1 aromatic carbocycles. The Kier molecular flexibility index (Phi) is 3.93. The number of hydrogen-bond acceptors (Lipinski definition) is 4. The van der Waals surface area contributed by atoms with Gasteiger partial charge in [-0.05, 0) is 36.8 Å². The van der Waals surface area contributed by atoms with Gasteiger partial charge in [-0.3, -0.25) is 10.1 Å². The fraction of sp³-hybridized carbons (Fsp3) is 0.533. The molecule has 1 aromatic rings. The maximum atomic E-state index is 11.2. The average Bonchev–Trinajstić information content (AvgIpc) is 2.46. The Morgan fingerprint density at radius 2 is 2.30 bits per heavy atom. The van der Waals surface area contributed by atoms with Crippen LogP contribution in [0.2, 0.25) is 0 Å². The van der Waals surface area contributed by atoms with E-state index >= 15 is 0 Å². The molecule has 0 N–H and O–H groups in total. The Morgan fingerprint density at radius 1 is 1.55 bits per heavy atom. The molecule has 2 rings (SSSR count). The molecule has 0 aromatic heterocycles. The van der Waals surface area contributed by atoms with Crippen molar-refractivity contribution in [3.8, 4) is 6.07 Å². The van der Waals surface area contributed by atoms with Crippen molar-refractivity contribution < 1.29 is 4.92 Å². The van der Waals surface area contributed by atoms with Crippen molar-refractivity contribution in [1.29, 1.82) is 5.26 Å². The highest BCUT2D eigenvalue weighted by Gasteiger charge is 2.32. The smallest absolute Gasteiger partial charge is 0.292 e. The van der Waals surface area contributed by atoms with Crippen molar-refractivity contribution >= 4 is 11.4 Å². The quantitative estimate of drug-likeness (QED) is 0.624. The molecule has 1 saturated heterocycles. The Hall–Kier alpha value is -2.09. The summed E-state index contributed by atoms with van der Waals surface area (Å²) in [5.74, 6) is 0. The number of nitro benzene ring substituents is 1. The van der Waals surface area contributed by atoms with Gasteiger partial charge in [-0.25, -0.2) is 0 Å². The predicted octanol–water partition coefficient (Wildman–Crippen LogP) is 3.48. The molecule has 106 valence electrons. The molecule has 1 atom stereocenters. The number of rotatable bonds is 3. The third-order valence-corrected chi connectivity index (χ3v) is 4.28.